The molecule has 1 unspecified atom stereocenters. The second-order valence-corrected chi connectivity index (χ2v) is 5.84. The highest BCUT2D eigenvalue weighted by Crippen LogP contribution is 2.30. The monoisotopic (exact) mass is 318 g/mol. The van der Waals surface area contributed by atoms with Gasteiger partial charge < -0.3 is 0 Å². The lowest BCUT2D eigenvalue weighted by molar-refractivity contribution is 0.920. The molecule has 2 aromatic carbocycles. The van der Waals surface area contributed by atoms with Crippen LogP contribution in [0.1, 0.15) is 16.5 Å². The average Bonchev–Trinajstić information content (AvgIpc) is 2.27. The third-order valence-electron chi connectivity index (χ3n) is 2.55. The second-order valence-electron chi connectivity index (χ2n) is 4.00. The Morgan fingerprint density at radius 3 is 2.11 bits per heavy atom. The molecule has 0 N–H and O–H groups in total. The van der Waals surface area contributed by atoms with E-state index in [9.17, 15) is 0 Å². The summed E-state index contributed by atoms with van der Waals surface area (Å²) < 4.78 is 0. The van der Waals surface area contributed by atoms with Crippen molar-refractivity contribution in [2.75, 3.05) is 0 Å². The molecular weight excluding hydrogens is 310 g/mol. The Balaban J connectivity index is 2.19. The zero-order chi connectivity index (χ0) is 13.1. The van der Waals surface area contributed by atoms with E-state index in [2.05, 4.69) is 0 Å². The maximum atomic E-state index is 6.38. The third kappa shape index (κ3) is 3.80. The molecule has 0 spiro atoms. The zero-order valence-electron chi connectivity index (χ0n) is 9.34. The van der Waals surface area contributed by atoms with E-state index < -0.39 is 0 Å². The predicted octanol–water partition coefficient (Wildman–Crippen LogP) is 6.17. The van der Waals surface area contributed by atoms with Gasteiger partial charge in [0.05, 0.1) is 5.38 Å². The topological polar surface area (TPSA) is 0 Å². The number of benzene rings is 2. The summed E-state index contributed by atoms with van der Waals surface area (Å²) in [4.78, 5) is 0. The first kappa shape index (κ1) is 14.0. The Bertz CT molecular complexity index is 531. The van der Waals surface area contributed by atoms with Gasteiger partial charge in [0, 0.05) is 15.1 Å². The molecule has 0 nitrogen and oxygen atoms in total. The molecule has 4 heteroatoms. The average molecular weight is 320 g/mol. The summed E-state index contributed by atoms with van der Waals surface area (Å²) in [5.41, 5.74) is 1.99. The van der Waals surface area contributed by atoms with Gasteiger partial charge in [-0.1, -0.05) is 46.9 Å². The second kappa shape index (κ2) is 6.16. The third-order valence-corrected chi connectivity index (χ3v) is 3.63. The van der Waals surface area contributed by atoms with Crippen LogP contribution < -0.4 is 0 Å². The first-order chi connectivity index (χ1) is 8.54. The maximum absolute atomic E-state index is 6.38. The summed E-state index contributed by atoms with van der Waals surface area (Å²) in [5.74, 6) is 0. The Kier molecular flexibility index (Phi) is 4.80. The van der Waals surface area contributed by atoms with Crippen LogP contribution in [0.15, 0.2) is 42.5 Å². The molecule has 0 amide bonds. The Morgan fingerprint density at radius 1 is 0.833 bits per heavy atom. The summed E-state index contributed by atoms with van der Waals surface area (Å²) in [7, 11) is 0. The number of alkyl halides is 1. The minimum absolute atomic E-state index is 0.181. The largest absolute Gasteiger partial charge is 0.117 e. The molecule has 0 radical (unpaired) electrons. The van der Waals surface area contributed by atoms with Crippen molar-refractivity contribution in [1.82, 2.24) is 0 Å². The molecule has 2 rings (SSSR count). The molecule has 0 saturated heterocycles. The van der Waals surface area contributed by atoms with Gasteiger partial charge in [-0.25, -0.2) is 0 Å². The number of rotatable bonds is 3. The summed E-state index contributed by atoms with van der Waals surface area (Å²) in [6.07, 6.45) is 0.679. The van der Waals surface area contributed by atoms with Crippen LogP contribution in [0.2, 0.25) is 15.1 Å². The van der Waals surface area contributed by atoms with Crippen molar-refractivity contribution in [3.05, 3.63) is 68.7 Å². The number of hydrogen-bond donors (Lipinski definition) is 0. The molecule has 1 atom stereocenters. The molecule has 0 bridgehead atoms. The zero-order valence-corrected chi connectivity index (χ0v) is 12.4. The van der Waals surface area contributed by atoms with Crippen molar-refractivity contribution >= 4 is 46.4 Å². The van der Waals surface area contributed by atoms with E-state index >= 15 is 0 Å². The SMILES string of the molecule is Clc1cccc(CC(Cl)c2cc(Cl)cc(Cl)c2)c1. The van der Waals surface area contributed by atoms with E-state index in [-0.39, 0.29) is 5.38 Å². The highest BCUT2D eigenvalue weighted by Gasteiger charge is 2.11. The smallest absolute Gasteiger partial charge is 0.0626 e. The van der Waals surface area contributed by atoms with Crippen LogP contribution >= 0.6 is 46.4 Å². The van der Waals surface area contributed by atoms with Gasteiger partial charge in [0.15, 0.2) is 0 Å². The fraction of sp³-hybridized carbons (Fsp3) is 0.143. The lowest BCUT2D eigenvalue weighted by atomic mass is 10.0. The molecule has 94 valence electrons. The van der Waals surface area contributed by atoms with Gasteiger partial charge in [0.1, 0.15) is 0 Å². The molecule has 18 heavy (non-hydrogen) atoms. The minimum Gasteiger partial charge on any atom is -0.117 e. The van der Waals surface area contributed by atoms with Crippen LogP contribution in [0, 0.1) is 0 Å². The van der Waals surface area contributed by atoms with Crippen molar-refractivity contribution in [2.45, 2.75) is 11.8 Å². The Morgan fingerprint density at radius 2 is 1.50 bits per heavy atom. The van der Waals surface area contributed by atoms with Crippen LogP contribution in [0.3, 0.4) is 0 Å². The van der Waals surface area contributed by atoms with Crippen molar-refractivity contribution in [3.8, 4) is 0 Å². The normalized spacial score (nSPS) is 12.4. The molecule has 0 aliphatic carbocycles. The molecular formula is C14H10Cl4. The lowest BCUT2D eigenvalue weighted by Gasteiger charge is -2.11. The van der Waals surface area contributed by atoms with Crippen LogP contribution in [0.5, 0.6) is 0 Å². The van der Waals surface area contributed by atoms with E-state index in [0.29, 0.717) is 21.5 Å². The Labute approximate surface area is 126 Å². The van der Waals surface area contributed by atoms with Gasteiger partial charge in [0.2, 0.25) is 0 Å². The fourth-order valence-corrected chi connectivity index (χ4v) is 2.80. The van der Waals surface area contributed by atoms with E-state index in [1.54, 1.807) is 6.07 Å². The van der Waals surface area contributed by atoms with Crippen molar-refractivity contribution < 1.29 is 0 Å². The van der Waals surface area contributed by atoms with Gasteiger partial charge in [0.25, 0.3) is 0 Å². The predicted molar refractivity (Wildman–Crippen MR) is 80.2 cm³/mol. The molecule has 2 aromatic rings. The first-order valence-electron chi connectivity index (χ1n) is 5.39. The summed E-state index contributed by atoms with van der Waals surface area (Å²) >= 11 is 24.2. The van der Waals surface area contributed by atoms with Gasteiger partial charge in [-0.3, -0.25) is 0 Å². The quantitative estimate of drug-likeness (QED) is 0.593. The first-order valence-corrected chi connectivity index (χ1v) is 6.96. The van der Waals surface area contributed by atoms with Gasteiger partial charge >= 0.3 is 0 Å². The fourth-order valence-electron chi connectivity index (χ4n) is 1.74. The Hall–Kier alpha value is -0.400. The van der Waals surface area contributed by atoms with Crippen molar-refractivity contribution in [3.63, 3.8) is 0 Å². The van der Waals surface area contributed by atoms with E-state index in [0.717, 1.165) is 11.1 Å². The number of hydrogen-bond acceptors (Lipinski definition) is 0. The molecule has 0 aliphatic heterocycles. The van der Waals surface area contributed by atoms with Crippen molar-refractivity contribution in [1.29, 1.82) is 0 Å². The molecule has 0 aliphatic rings. The van der Waals surface area contributed by atoms with E-state index in [1.165, 1.54) is 0 Å². The maximum Gasteiger partial charge on any atom is 0.0626 e. The summed E-state index contributed by atoms with van der Waals surface area (Å²) in [6, 6.07) is 13.0. The summed E-state index contributed by atoms with van der Waals surface area (Å²) in [5, 5.41) is 1.71. The van der Waals surface area contributed by atoms with E-state index in [1.807, 2.05) is 36.4 Å². The summed E-state index contributed by atoms with van der Waals surface area (Å²) in [6.45, 7) is 0. The van der Waals surface area contributed by atoms with Crippen LogP contribution in [-0.4, -0.2) is 0 Å². The molecule has 0 aromatic heterocycles. The van der Waals surface area contributed by atoms with Gasteiger partial charge in [-0.05, 0) is 47.9 Å². The van der Waals surface area contributed by atoms with Crippen LogP contribution in [0.25, 0.3) is 0 Å². The van der Waals surface area contributed by atoms with Gasteiger partial charge in [-0.15, -0.1) is 11.6 Å². The highest BCUT2D eigenvalue weighted by atomic mass is 35.5. The molecule has 0 fully saturated rings. The van der Waals surface area contributed by atoms with Gasteiger partial charge in [-0.2, -0.15) is 0 Å². The standard InChI is InChI=1S/C14H10Cl4/c15-11-3-1-2-9(4-11)5-14(18)10-6-12(16)8-13(17)7-10/h1-4,6-8,14H,5H2. The lowest BCUT2D eigenvalue weighted by Crippen LogP contribution is -1.96. The van der Waals surface area contributed by atoms with E-state index in [4.69, 9.17) is 46.4 Å². The minimum atomic E-state index is -0.181. The molecule has 0 saturated carbocycles. The molecule has 0 heterocycles. The van der Waals surface area contributed by atoms with Crippen LogP contribution in [-0.2, 0) is 6.42 Å². The highest BCUT2D eigenvalue weighted by molar-refractivity contribution is 6.35. The van der Waals surface area contributed by atoms with Crippen LogP contribution in [0.4, 0.5) is 0 Å². The van der Waals surface area contributed by atoms with Crippen molar-refractivity contribution in [2.24, 2.45) is 0 Å². The number of halogens is 4.